The van der Waals surface area contributed by atoms with E-state index in [-0.39, 0.29) is 11.7 Å². The van der Waals surface area contributed by atoms with Gasteiger partial charge in [0.05, 0.1) is 5.69 Å². The summed E-state index contributed by atoms with van der Waals surface area (Å²) in [4.78, 5) is 0. The fourth-order valence-electron chi connectivity index (χ4n) is 1.71. The molecular weight excluding hydrogens is 205 g/mol. The van der Waals surface area contributed by atoms with Crippen molar-refractivity contribution in [3.05, 3.63) is 35.8 Å². The molecule has 0 aliphatic rings. The highest BCUT2D eigenvalue weighted by Crippen LogP contribution is 2.31. The molecule has 0 spiro atoms. The molecule has 1 heterocycles. The second-order valence-corrected chi connectivity index (χ2v) is 4.06. The van der Waals surface area contributed by atoms with Gasteiger partial charge in [-0.1, -0.05) is 26.0 Å². The largest absolute Gasteiger partial charge is 0.384 e. The van der Waals surface area contributed by atoms with Crippen molar-refractivity contribution in [2.24, 2.45) is 0 Å². The number of hydrogen-bond donors (Lipinski definition) is 2. The lowest BCUT2D eigenvalue weighted by molar-refractivity contribution is 0.628. The van der Waals surface area contributed by atoms with Crippen LogP contribution in [0, 0.1) is 5.82 Å². The van der Waals surface area contributed by atoms with E-state index in [0.29, 0.717) is 5.82 Å². The van der Waals surface area contributed by atoms with Gasteiger partial charge in [0.25, 0.3) is 0 Å². The summed E-state index contributed by atoms with van der Waals surface area (Å²) in [5.41, 5.74) is 8.50. The summed E-state index contributed by atoms with van der Waals surface area (Å²) >= 11 is 0. The molecule has 2 rings (SSSR count). The average molecular weight is 219 g/mol. The Morgan fingerprint density at radius 1 is 1.25 bits per heavy atom. The van der Waals surface area contributed by atoms with Gasteiger partial charge >= 0.3 is 0 Å². The predicted octanol–water partition coefficient (Wildman–Crippen LogP) is 2.92. The molecule has 16 heavy (non-hydrogen) atoms. The Bertz CT molecular complexity index is 485. The van der Waals surface area contributed by atoms with Crippen molar-refractivity contribution < 1.29 is 4.39 Å². The van der Waals surface area contributed by atoms with Crippen LogP contribution in [0.25, 0.3) is 11.1 Å². The zero-order valence-corrected chi connectivity index (χ0v) is 9.29. The molecule has 0 radical (unpaired) electrons. The smallest absolute Gasteiger partial charge is 0.127 e. The van der Waals surface area contributed by atoms with Crippen LogP contribution in [0.2, 0.25) is 0 Å². The summed E-state index contributed by atoms with van der Waals surface area (Å²) in [5.74, 6) is 0.542. The normalized spacial score (nSPS) is 11.0. The van der Waals surface area contributed by atoms with Crippen LogP contribution in [0.15, 0.2) is 24.3 Å². The van der Waals surface area contributed by atoms with Crippen LogP contribution in [-0.4, -0.2) is 10.2 Å². The molecule has 0 atom stereocenters. The Labute approximate surface area is 93.5 Å². The number of benzene rings is 1. The number of nitrogens with two attached hydrogens (primary N) is 1. The van der Waals surface area contributed by atoms with Crippen LogP contribution >= 0.6 is 0 Å². The van der Waals surface area contributed by atoms with Crippen molar-refractivity contribution in [3.8, 4) is 11.1 Å². The molecule has 0 unspecified atom stereocenters. The number of aromatic amines is 1. The average Bonchev–Trinajstić information content (AvgIpc) is 2.62. The lowest BCUT2D eigenvalue weighted by atomic mass is 9.99. The molecule has 0 bridgehead atoms. The van der Waals surface area contributed by atoms with Gasteiger partial charge in [0.1, 0.15) is 11.6 Å². The number of nitrogens with zero attached hydrogens (tertiary/aromatic N) is 1. The third-order valence-corrected chi connectivity index (χ3v) is 2.50. The molecule has 3 nitrogen and oxygen atoms in total. The van der Waals surface area contributed by atoms with Crippen LogP contribution in [0.1, 0.15) is 25.5 Å². The Morgan fingerprint density at radius 2 is 1.88 bits per heavy atom. The standard InChI is InChI=1S/C12H14FN3/c1-7(2)11-10(12(14)16-15-11)8-3-5-9(13)6-4-8/h3-7H,1-2H3,(H3,14,15,16). The number of aromatic nitrogens is 2. The van der Waals surface area contributed by atoms with E-state index < -0.39 is 0 Å². The highest BCUT2D eigenvalue weighted by atomic mass is 19.1. The maximum Gasteiger partial charge on any atom is 0.127 e. The number of halogens is 1. The molecule has 0 saturated heterocycles. The van der Waals surface area contributed by atoms with Gasteiger partial charge in [-0.2, -0.15) is 5.10 Å². The molecule has 0 aliphatic carbocycles. The van der Waals surface area contributed by atoms with E-state index in [1.165, 1.54) is 12.1 Å². The number of nitrogens with one attached hydrogen (secondary N) is 1. The number of hydrogen-bond acceptors (Lipinski definition) is 2. The molecule has 0 aliphatic heterocycles. The van der Waals surface area contributed by atoms with E-state index in [2.05, 4.69) is 10.2 Å². The number of rotatable bonds is 2. The maximum atomic E-state index is 12.8. The van der Waals surface area contributed by atoms with Gasteiger partial charge in [-0.05, 0) is 23.6 Å². The third kappa shape index (κ3) is 1.78. The Hall–Kier alpha value is -1.84. The fraction of sp³-hybridized carbons (Fsp3) is 0.250. The van der Waals surface area contributed by atoms with Crippen molar-refractivity contribution in [1.29, 1.82) is 0 Å². The molecule has 3 N–H and O–H groups in total. The molecule has 84 valence electrons. The van der Waals surface area contributed by atoms with Gasteiger partial charge < -0.3 is 5.73 Å². The van der Waals surface area contributed by atoms with Crippen molar-refractivity contribution >= 4 is 5.82 Å². The van der Waals surface area contributed by atoms with Gasteiger partial charge in [-0.25, -0.2) is 4.39 Å². The Balaban J connectivity index is 2.54. The predicted molar refractivity (Wildman–Crippen MR) is 62.5 cm³/mol. The van der Waals surface area contributed by atoms with Gasteiger partial charge in [-0.15, -0.1) is 0 Å². The summed E-state index contributed by atoms with van der Waals surface area (Å²) in [6.45, 7) is 4.09. The van der Waals surface area contributed by atoms with Gasteiger partial charge in [-0.3, -0.25) is 5.10 Å². The molecule has 0 fully saturated rings. The first kappa shape index (κ1) is 10.7. The van der Waals surface area contributed by atoms with E-state index in [4.69, 9.17) is 5.73 Å². The monoisotopic (exact) mass is 219 g/mol. The zero-order valence-electron chi connectivity index (χ0n) is 9.29. The van der Waals surface area contributed by atoms with E-state index in [1.807, 2.05) is 13.8 Å². The second kappa shape index (κ2) is 3.96. The topological polar surface area (TPSA) is 54.7 Å². The van der Waals surface area contributed by atoms with E-state index in [9.17, 15) is 4.39 Å². The minimum atomic E-state index is -0.253. The first-order valence-electron chi connectivity index (χ1n) is 5.19. The summed E-state index contributed by atoms with van der Waals surface area (Å²) in [5, 5.41) is 6.94. The number of nitrogen functional groups attached to an aromatic ring is 1. The second-order valence-electron chi connectivity index (χ2n) is 4.06. The van der Waals surface area contributed by atoms with Crippen molar-refractivity contribution in [2.75, 3.05) is 5.73 Å². The lowest BCUT2D eigenvalue weighted by Crippen LogP contribution is -1.93. The van der Waals surface area contributed by atoms with Crippen LogP contribution in [0.5, 0.6) is 0 Å². The third-order valence-electron chi connectivity index (χ3n) is 2.50. The Kier molecular flexibility index (Phi) is 2.64. The summed E-state index contributed by atoms with van der Waals surface area (Å²) in [6.07, 6.45) is 0. The van der Waals surface area contributed by atoms with E-state index in [1.54, 1.807) is 12.1 Å². The van der Waals surface area contributed by atoms with Crippen molar-refractivity contribution in [3.63, 3.8) is 0 Å². The number of anilines is 1. The molecule has 0 saturated carbocycles. The minimum absolute atomic E-state index is 0.253. The summed E-state index contributed by atoms with van der Waals surface area (Å²) < 4.78 is 12.8. The SMILES string of the molecule is CC(C)c1n[nH]c(N)c1-c1ccc(F)cc1. The first-order valence-corrected chi connectivity index (χ1v) is 5.19. The molecular formula is C12H14FN3. The fourth-order valence-corrected chi connectivity index (χ4v) is 1.71. The molecule has 1 aromatic heterocycles. The van der Waals surface area contributed by atoms with Crippen molar-refractivity contribution in [2.45, 2.75) is 19.8 Å². The van der Waals surface area contributed by atoms with Gasteiger partial charge in [0.15, 0.2) is 0 Å². The van der Waals surface area contributed by atoms with E-state index >= 15 is 0 Å². The highest BCUT2D eigenvalue weighted by Gasteiger charge is 2.15. The zero-order chi connectivity index (χ0) is 11.7. The van der Waals surface area contributed by atoms with Crippen LogP contribution < -0.4 is 5.73 Å². The molecule has 2 aromatic rings. The quantitative estimate of drug-likeness (QED) is 0.815. The lowest BCUT2D eigenvalue weighted by Gasteiger charge is -2.06. The van der Waals surface area contributed by atoms with Gasteiger partial charge in [0, 0.05) is 5.56 Å². The minimum Gasteiger partial charge on any atom is -0.384 e. The van der Waals surface area contributed by atoms with E-state index in [0.717, 1.165) is 16.8 Å². The number of H-pyrrole nitrogens is 1. The molecule has 4 heteroatoms. The van der Waals surface area contributed by atoms with Crippen LogP contribution in [-0.2, 0) is 0 Å². The summed E-state index contributed by atoms with van der Waals surface area (Å²) in [7, 11) is 0. The highest BCUT2D eigenvalue weighted by molar-refractivity contribution is 5.76. The first-order chi connectivity index (χ1) is 7.59. The van der Waals surface area contributed by atoms with Crippen LogP contribution in [0.3, 0.4) is 0 Å². The summed E-state index contributed by atoms with van der Waals surface area (Å²) in [6, 6.07) is 6.27. The maximum absolute atomic E-state index is 12.8. The Morgan fingerprint density at radius 3 is 2.44 bits per heavy atom. The van der Waals surface area contributed by atoms with Crippen LogP contribution in [0.4, 0.5) is 10.2 Å². The van der Waals surface area contributed by atoms with Crippen molar-refractivity contribution in [1.82, 2.24) is 10.2 Å². The van der Waals surface area contributed by atoms with Gasteiger partial charge in [0.2, 0.25) is 0 Å². The molecule has 0 amide bonds. The molecule has 1 aromatic carbocycles.